The molecule has 5 nitrogen and oxygen atoms in total. The van der Waals surface area contributed by atoms with Crippen LogP contribution in [0.3, 0.4) is 0 Å². The maximum Gasteiger partial charge on any atom is 0.416 e. The second kappa shape index (κ2) is 9.60. The van der Waals surface area contributed by atoms with Crippen molar-refractivity contribution < 1.29 is 35.9 Å². The number of ether oxygens (including phenoxy) is 1. The highest BCUT2D eigenvalue weighted by atomic mass is 19.4. The number of amides is 1. The lowest BCUT2D eigenvalue weighted by Crippen LogP contribution is -2.27. The van der Waals surface area contributed by atoms with E-state index >= 15 is 0 Å². The Balaban J connectivity index is 1.76. The molecule has 176 valence electrons. The van der Waals surface area contributed by atoms with Crippen molar-refractivity contribution in [1.82, 2.24) is 10.3 Å². The van der Waals surface area contributed by atoms with E-state index in [9.17, 15) is 26.7 Å². The van der Waals surface area contributed by atoms with Crippen molar-refractivity contribution in [3.05, 3.63) is 76.2 Å². The van der Waals surface area contributed by atoms with E-state index in [1.807, 2.05) is 6.92 Å². The Labute approximate surface area is 186 Å². The zero-order chi connectivity index (χ0) is 24.3. The number of benzene rings is 2. The Kier molecular flexibility index (Phi) is 7.04. The minimum absolute atomic E-state index is 0.0838. The molecule has 2 aromatic carbocycles. The van der Waals surface area contributed by atoms with Gasteiger partial charge >= 0.3 is 12.3 Å². The van der Waals surface area contributed by atoms with Crippen molar-refractivity contribution in [2.24, 2.45) is 0 Å². The van der Waals surface area contributed by atoms with Crippen molar-refractivity contribution in [3.8, 4) is 11.8 Å². The van der Waals surface area contributed by atoms with E-state index in [1.54, 1.807) is 0 Å². The Morgan fingerprint density at radius 3 is 2.45 bits per heavy atom. The number of aromatic nitrogens is 1. The fraction of sp³-hybridized carbons (Fsp3) is 0.304. The standard InChI is InChI=1S/C23H21F5N2O3/c1-4-5-14-6-7-16(23(26,27)28)10-20(14)33-22-30-19(11-32-22)21(31)29-13(3)15-8-17(24)12(2)18(25)9-15/h6-11,13H,4-5H2,1-3H3,(H,29,31). The van der Waals surface area contributed by atoms with Crippen LogP contribution in [0.2, 0.25) is 0 Å². The van der Waals surface area contributed by atoms with Crippen LogP contribution in [0.1, 0.15) is 59.1 Å². The van der Waals surface area contributed by atoms with Crippen molar-refractivity contribution in [2.45, 2.75) is 45.8 Å². The molecule has 3 aromatic rings. The van der Waals surface area contributed by atoms with Crippen molar-refractivity contribution in [3.63, 3.8) is 0 Å². The fourth-order valence-electron chi connectivity index (χ4n) is 3.07. The highest BCUT2D eigenvalue weighted by molar-refractivity contribution is 5.92. The molecule has 1 amide bonds. The maximum atomic E-state index is 13.8. The number of carbonyl (C=O) groups excluding carboxylic acids is 1. The van der Waals surface area contributed by atoms with Gasteiger partial charge < -0.3 is 14.5 Å². The predicted octanol–water partition coefficient (Wildman–Crippen LogP) is 6.52. The molecule has 0 saturated carbocycles. The third-order valence-corrected chi connectivity index (χ3v) is 4.98. The fourth-order valence-corrected chi connectivity index (χ4v) is 3.07. The summed E-state index contributed by atoms with van der Waals surface area (Å²) >= 11 is 0. The van der Waals surface area contributed by atoms with Gasteiger partial charge in [0, 0.05) is 5.56 Å². The lowest BCUT2D eigenvalue weighted by molar-refractivity contribution is -0.137. The first kappa shape index (κ1) is 24.2. The molecule has 0 aliphatic carbocycles. The van der Waals surface area contributed by atoms with Crippen LogP contribution in [0.4, 0.5) is 22.0 Å². The zero-order valence-corrected chi connectivity index (χ0v) is 18.0. The summed E-state index contributed by atoms with van der Waals surface area (Å²) in [5.74, 6) is -2.29. The number of aryl methyl sites for hydroxylation is 1. The van der Waals surface area contributed by atoms with Crippen LogP contribution < -0.4 is 10.1 Å². The molecule has 0 spiro atoms. The number of oxazole rings is 1. The average Bonchev–Trinajstić information content (AvgIpc) is 3.21. The van der Waals surface area contributed by atoms with Gasteiger partial charge in [0.2, 0.25) is 0 Å². The molecule has 0 bridgehead atoms. The minimum atomic E-state index is -4.56. The zero-order valence-electron chi connectivity index (χ0n) is 18.0. The largest absolute Gasteiger partial charge is 0.416 e. The number of alkyl halides is 3. The topological polar surface area (TPSA) is 64.4 Å². The number of carbonyl (C=O) groups is 1. The first-order valence-electron chi connectivity index (χ1n) is 10.1. The average molecular weight is 468 g/mol. The van der Waals surface area contributed by atoms with Crippen LogP contribution in [0, 0.1) is 18.6 Å². The van der Waals surface area contributed by atoms with E-state index in [4.69, 9.17) is 9.15 Å². The van der Waals surface area contributed by atoms with Gasteiger partial charge in [-0.25, -0.2) is 8.78 Å². The molecule has 1 heterocycles. The molecule has 1 atom stereocenters. The Morgan fingerprint density at radius 1 is 1.18 bits per heavy atom. The third-order valence-electron chi connectivity index (χ3n) is 4.98. The van der Waals surface area contributed by atoms with Gasteiger partial charge in [0.1, 0.15) is 23.6 Å². The molecule has 1 aromatic heterocycles. The van der Waals surface area contributed by atoms with Crippen LogP contribution in [0.5, 0.6) is 11.8 Å². The van der Waals surface area contributed by atoms with E-state index < -0.39 is 41.4 Å². The highest BCUT2D eigenvalue weighted by Crippen LogP contribution is 2.35. The van der Waals surface area contributed by atoms with E-state index in [-0.39, 0.29) is 22.6 Å². The summed E-state index contributed by atoms with van der Waals surface area (Å²) in [4.78, 5) is 16.3. The summed E-state index contributed by atoms with van der Waals surface area (Å²) in [5, 5.41) is 2.53. The van der Waals surface area contributed by atoms with Crippen LogP contribution >= 0.6 is 0 Å². The van der Waals surface area contributed by atoms with Gasteiger partial charge in [0.15, 0.2) is 5.69 Å². The normalized spacial score (nSPS) is 12.5. The molecular weight excluding hydrogens is 447 g/mol. The van der Waals surface area contributed by atoms with Gasteiger partial charge in [-0.05, 0) is 55.7 Å². The monoisotopic (exact) mass is 468 g/mol. The molecule has 0 aliphatic rings. The van der Waals surface area contributed by atoms with E-state index in [0.717, 1.165) is 30.5 Å². The van der Waals surface area contributed by atoms with E-state index in [2.05, 4.69) is 10.3 Å². The molecular formula is C23H21F5N2O3. The molecule has 1 N–H and O–H groups in total. The second-order valence-electron chi connectivity index (χ2n) is 7.48. The first-order valence-corrected chi connectivity index (χ1v) is 10.1. The van der Waals surface area contributed by atoms with Crippen molar-refractivity contribution in [2.75, 3.05) is 0 Å². The summed E-state index contributed by atoms with van der Waals surface area (Å²) in [5.41, 5.74) is -0.515. The second-order valence-corrected chi connectivity index (χ2v) is 7.48. The SMILES string of the molecule is CCCc1ccc(C(F)(F)F)cc1Oc1nc(C(=O)NC(C)c2cc(F)c(C)c(F)c2)co1. The summed E-state index contributed by atoms with van der Waals surface area (Å²) in [6, 6.07) is 4.59. The number of halogens is 5. The van der Waals surface area contributed by atoms with Gasteiger partial charge in [-0.2, -0.15) is 18.2 Å². The summed E-state index contributed by atoms with van der Waals surface area (Å²) < 4.78 is 77.3. The molecule has 3 rings (SSSR count). The van der Waals surface area contributed by atoms with Crippen molar-refractivity contribution >= 4 is 5.91 Å². The molecule has 10 heteroatoms. The summed E-state index contributed by atoms with van der Waals surface area (Å²) in [7, 11) is 0. The first-order chi connectivity index (χ1) is 15.5. The lowest BCUT2D eigenvalue weighted by atomic mass is 10.1. The van der Waals surface area contributed by atoms with Gasteiger partial charge in [0.05, 0.1) is 11.6 Å². The van der Waals surface area contributed by atoms with Gasteiger partial charge in [-0.15, -0.1) is 0 Å². The van der Waals surface area contributed by atoms with E-state index in [0.29, 0.717) is 18.4 Å². The van der Waals surface area contributed by atoms with Crippen LogP contribution in [0.15, 0.2) is 41.0 Å². The van der Waals surface area contributed by atoms with Gasteiger partial charge in [-0.3, -0.25) is 4.79 Å². The van der Waals surface area contributed by atoms with Crippen LogP contribution in [-0.4, -0.2) is 10.9 Å². The maximum absolute atomic E-state index is 13.8. The Hall–Kier alpha value is -3.43. The smallest absolute Gasteiger partial charge is 0.416 e. The number of hydrogen-bond acceptors (Lipinski definition) is 4. The molecule has 0 radical (unpaired) electrons. The summed E-state index contributed by atoms with van der Waals surface area (Å²) in [6.07, 6.45) is -2.88. The number of nitrogens with zero attached hydrogens (tertiary/aromatic N) is 1. The quantitative estimate of drug-likeness (QED) is 0.401. The van der Waals surface area contributed by atoms with Crippen LogP contribution in [0.25, 0.3) is 0 Å². The van der Waals surface area contributed by atoms with Gasteiger partial charge in [-0.1, -0.05) is 19.4 Å². The summed E-state index contributed by atoms with van der Waals surface area (Å²) in [6.45, 7) is 4.69. The third kappa shape index (κ3) is 5.68. The lowest BCUT2D eigenvalue weighted by Gasteiger charge is -2.14. The van der Waals surface area contributed by atoms with E-state index in [1.165, 1.54) is 19.9 Å². The van der Waals surface area contributed by atoms with Gasteiger partial charge in [0.25, 0.3) is 5.91 Å². The molecule has 33 heavy (non-hydrogen) atoms. The Morgan fingerprint density at radius 2 is 1.85 bits per heavy atom. The predicted molar refractivity (Wildman–Crippen MR) is 109 cm³/mol. The number of nitrogens with one attached hydrogen (secondary N) is 1. The molecule has 1 unspecified atom stereocenters. The van der Waals surface area contributed by atoms with Crippen LogP contribution in [-0.2, 0) is 12.6 Å². The molecule has 0 fully saturated rings. The number of rotatable bonds is 7. The minimum Gasteiger partial charge on any atom is -0.416 e. The van der Waals surface area contributed by atoms with Crippen molar-refractivity contribution in [1.29, 1.82) is 0 Å². The highest BCUT2D eigenvalue weighted by Gasteiger charge is 2.31. The number of hydrogen-bond donors (Lipinski definition) is 1. The Bertz CT molecular complexity index is 1130. The molecule has 0 aliphatic heterocycles. The molecule has 0 saturated heterocycles.